The fraction of sp³-hybridized carbons (Fsp3) is 0.444. The third-order valence-corrected chi connectivity index (χ3v) is 4.81. The summed E-state index contributed by atoms with van der Waals surface area (Å²) in [6.45, 7) is 0.579. The van der Waals surface area contributed by atoms with Crippen LogP contribution in [0.3, 0.4) is 0 Å². The Bertz CT molecular complexity index is 684. The molecule has 2 atom stereocenters. The van der Waals surface area contributed by atoms with Gasteiger partial charge in [-0.1, -0.05) is 23.7 Å². The Balaban J connectivity index is 1.75. The normalized spacial score (nSPS) is 18.0. The van der Waals surface area contributed by atoms with E-state index in [1.54, 1.807) is 13.3 Å². The average Bonchev–Trinajstić information content (AvgIpc) is 3.08. The first kappa shape index (κ1) is 17.0. The maximum Gasteiger partial charge on any atom is 0.228 e. The van der Waals surface area contributed by atoms with Gasteiger partial charge < -0.3 is 10.1 Å². The smallest absolute Gasteiger partial charge is 0.228 e. The molecule has 5 nitrogen and oxygen atoms in total. The highest BCUT2D eigenvalue weighted by molar-refractivity contribution is 6.30. The van der Waals surface area contributed by atoms with E-state index in [4.69, 9.17) is 16.3 Å². The molecule has 128 valence electrons. The molecule has 2 unspecified atom stereocenters. The molecule has 24 heavy (non-hydrogen) atoms. The molecule has 1 aliphatic rings. The summed E-state index contributed by atoms with van der Waals surface area (Å²) in [6, 6.07) is 7.50. The van der Waals surface area contributed by atoms with Gasteiger partial charge in [0.1, 0.15) is 0 Å². The molecule has 0 aliphatic heterocycles. The highest BCUT2D eigenvalue weighted by Gasteiger charge is 2.29. The Labute approximate surface area is 146 Å². The molecule has 0 saturated carbocycles. The van der Waals surface area contributed by atoms with Crippen LogP contribution in [0.25, 0.3) is 0 Å². The zero-order valence-electron chi connectivity index (χ0n) is 13.7. The number of aryl methyl sites for hydroxylation is 1. The molecule has 0 radical (unpaired) electrons. The first-order valence-electron chi connectivity index (χ1n) is 8.26. The molecule has 0 saturated heterocycles. The van der Waals surface area contributed by atoms with Crippen LogP contribution in [0, 0.1) is 0 Å². The van der Waals surface area contributed by atoms with Crippen LogP contribution >= 0.6 is 11.6 Å². The Kier molecular flexibility index (Phi) is 5.53. The van der Waals surface area contributed by atoms with Crippen LogP contribution in [-0.4, -0.2) is 29.8 Å². The van der Waals surface area contributed by atoms with Crippen LogP contribution in [-0.2, 0) is 16.0 Å². The number of carbonyl (C=O) groups is 1. The number of halogens is 1. The zero-order chi connectivity index (χ0) is 16.9. The average molecular weight is 348 g/mol. The summed E-state index contributed by atoms with van der Waals surface area (Å²) in [4.78, 5) is 12.9. The van der Waals surface area contributed by atoms with E-state index in [1.165, 1.54) is 0 Å². The van der Waals surface area contributed by atoms with Crippen LogP contribution in [0.15, 0.2) is 30.5 Å². The van der Waals surface area contributed by atoms with Crippen LogP contribution in [0.4, 0.5) is 0 Å². The topological polar surface area (TPSA) is 67.0 Å². The van der Waals surface area contributed by atoms with Gasteiger partial charge in [0.05, 0.1) is 18.2 Å². The maximum absolute atomic E-state index is 12.9. The Morgan fingerprint density at radius 1 is 1.46 bits per heavy atom. The SMILES string of the molecule is COCCC(NC(=O)C1CCCc2[nH]ncc21)c1ccc(Cl)cc1. The van der Waals surface area contributed by atoms with Gasteiger partial charge in [-0.2, -0.15) is 5.10 Å². The minimum Gasteiger partial charge on any atom is -0.385 e. The monoisotopic (exact) mass is 347 g/mol. The minimum atomic E-state index is -0.134. The van der Waals surface area contributed by atoms with Gasteiger partial charge in [0.25, 0.3) is 0 Å². The molecular formula is C18H22ClN3O2. The minimum absolute atomic E-state index is 0.0494. The summed E-state index contributed by atoms with van der Waals surface area (Å²) in [5.41, 5.74) is 3.15. The lowest BCUT2D eigenvalue weighted by molar-refractivity contribution is -0.123. The third kappa shape index (κ3) is 3.79. The molecule has 0 spiro atoms. The fourth-order valence-electron chi connectivity index (χ4n) is 3.26. The Hall–Kier alpha value is -1.85. The molecule has 2 N–H and O–H groups in total. The van der Waals surface area contributed by atoms with Crippen LogP contribution in [0.1, 0.15) is 48.0 Å². The van der Waals surface area contributed by atoms with Gasteiger partial charge in [-0.25, -0.2) is 0 Å². The van der Waals surface area contributed by atoms with Crippen molar-refractivity contribution >= 4 is 17.5 Å². The van der Waals surface area contributed by atoms with Gasteiger partial charge in [-0.15, -0.1) is 0 Å². The lowest BCUT2D eigenvalue weighted by Crippen LogP contribution is -2.34. The van der Waals surface area contributed by atoms with E-state index in [0.717, 1.165) is 42.5 Å². The number of rotatable bonds is 6. The van der Waals surface area contributed by atoms with E-state index in [9.17, 15) is 4.79 Å². The number of aromatic amines is 1. The van der Waals surface area contributed by atoms with Crippen LogP contribution in [0.2, 0.25) is 5.02 Å². The second-order valence-electron chi connectivity index (χ2n) is 6.14. The number of amides is 1. The van der Waals surface area contributed by atoms with Crippen molar-refractivity contribution in [2.75, 3.05) is 13.7 Å². The number of fused-ring (bicyclic) bond motifs is 1. The zero-order valence-corrected chi connectivity index (χ0v) is 14.5. The van der Waals surface area contributed by atoms with Crippen molar-refractivity contribution in [1.29, 1.82) is 0 Å². The molecule has 6 heteroatoms. The number of methoxy groups -OCH3 is 1. The molecule has 1 heterocycles. The lowest BCUT2D eigenvalue weighted by atomic mass is 9.86. The van der Waals surface area contributed by atoms with Crippen molar-refractivity contribution in [2.24, 2.45) is 0 Å². The van der Waals surface area contributed by atoms with Crippen molar-refractivity contribution < 1.29 is 9.53 Å². The highest BCUT2D eigenvalue weighted by atomic mass is 35.5. The molecule has 2 aromatic rings. The molecule has 1 amide bonds. The Morgan fingerprint density at radius 2 is 2.25 bits per heavy atom. The standard InChI is InChI=1S/C18H22ClN3O2/c1-24-10-9-16(12-5-7-13(19)8-6-12)21-18(23)14-3-2-4-17-15(14)11-20-22-17/h5-8,11,14,16H,2-4,9-10H2,1H3,(H,20,22)(H,21,23). The lowest BCUT2D eigenvalue weighted by Gasteiger charge is -2.25. The van der Waals surface area contributed by atoms with E-state index in [0.29, 0.717) is 11.6 Å². The van der Waals surface area contributed by atoms with E-state index in [-0.39, 0.29) is 17.9 Å². The molecule has 0 fully saturated rings. The first-order chi connectivity index (χ1) is 11.7. The number of hydrogen-bond donors (Lipinski definition) is 2. The largest absolute Gasteiger partial charge is 0.385 e. The predicted molar refractivity (Wildman–Crippen MR) is 93.1 cm³/mol. The second kappa shape index (κ2) is 7.81. The highest BCUT2D eigenvalue weighted by Crippen LogP contribution is 2.31. The summed E-state index contributed by atoms with van der Waals surface area (Å²) in [6.07, 6.45) is 5.32. The predicted octanol–water partition coefficient (Wildman–Crippen LogP) is 3.38. The Morgan fingerprint density at radius 3 is 3.00 bits per heavy atom. The van der Waals surface area contributed by atoms with Crippen molar-refractivity contribution in [3.8, 4) is 0 Å². The van der Waals surface area contributed by atoms with E-state index < -0.39 is 0 Å². The fourth-order valence-corrected chi connectivity index (χ4v) is 3.38. The molecule has 1 aliphatic carbocycles. The molecule has 3 rings (SSSR count). The number of hydrogen-bond acceptors (Lipinski definition) is 3. The van der Waals surface area contributed by atoms with Crippen molar-refractivity contribution in [3.63, 3.8) is 0 Å². The van der Waals surface area contributed by atoms with Crippen molar-refractivity contribution in [1.82, 2.24) is 15.5 Å². The van der Waals surface area contributed by atoms with Crippen LogP contribution < -0.4 is 5.32 Å². The summed E-state index contributed by atoms with van der Waals surface area (Å²) < 4.78 is 5.20. The quantitative estimate of drug-likeness (QED) is 0.841. The molecule has 1 aromatic heterocycles. The van der Waals surface area contributed by atoms with E-state index in [2.05, 4.69) is 15.5 Å². The van der Waals surface area contributed by atoms with Gasteiger partial charge in [0, 0.05) is 30.0 Å². The summed E-state index contributed by atoms with van der Waals surface area (Å²) in [5, 5.41) is 11.0. The number of carbonyl (C=O) groups excluding carboxylic acids is 1. The van der Waals surface area contributed by atoms with E-state index >= 15 is 0 Å². The van der Waals surface area contributed by atoms with Gasteiger partial charge in [-0.3, -0.25) is 9.89 Å². The summed E-state index contributed by atoms with van der Waals surface area (Å²) >= 11 is 5.97. The third-order valence-electron chi connectivity index (χ3n) is 4.56. The number of nitrogens with one attached hydrogen (secondary N) is 2. The number of aromatic nitrogens is 2. The van der Waals surface area contributed by atoms with Crippen molar-refractivity contribution in [2.45, 2.75) is 37.6 Å². The maximum atomic E-state index is 12.9. The number of nitrogens with zero attached hydrogens (tertiary/aromatic N) is 1. The number of benzene rings is 1. The van der Waals surface area contributed by atoms with Gasteiger partial charge in [-0.05, 0) is 43.4 Å². The molecule has 1 aromatic carbocycles. The van der Waals surface area contributed by atoms with E-state index in [1.807, 2.05) is 24.3 Å². The summed E-state index contributed by atoms with van der Waals surface area (Å²) in [5.74, 6) is -0.0850. The van der Waals surface area contributed by atoms with Gasteiger partial charge >= 0.3 is 0 Å². The van der Waals surface area contributed by atoms with Crippen molar-refractivity contribution in [3.05, 3.63) is 52.3 Å². The number of H-pyrrole nitrogens is 1. The molecular weight excluding hydrogens is 326 g/mol. The first-order valence-corrected chi connectivity index (χ1v) is 8.63. The van der Waals surface area contributed by atoms with Gasteiger partial charge in [0.2, 0.25) is 5.91 Å². The van der Waals surface area contributed by atoms with Crippen LogP contribution in [0.5, 0.6) is 0 Å². The van der Waals surface area contributed by atoms with Gasteiger partial charge in [0.15, 0.2) is 0 Å². The second-order valence-corrected chi connectivity index (χ2v) is 6.58. The number of ether oxygens (including phenoxy) is 1. The molecule has 0 bridgehead atoms. The summed E-state index contributed by atoms with van der Waals surface area (Å²) in [7, 11) is 1.67.